The molecule has 172 valence electrons. The molecule has 1 saturated heterocycles. The Hall–Kier alpha value is -3.19. The van der Waals surface area contributed by atoms with E-state index >= 15 is 0 Å². The molecule has 2 atom stereocenters. The van der Waals surface area contributed by atoms with E-state index in [1.54, 1.807) is 6.20 Å². The summed E-state index contributed by atoms with van der Waals surface area (Å²) in [5, 5.41) is 7.19. The van der Waals surface area contributed by atoms with Crippen molar-refractivity contribution in [2.24, 2.45) is 0 Å². The predicted octanol–water partition coefficient (Wildman–Crippen LogP) is 5.03. The number of aromatic nitrogens is 2. The van der Waals surface area contributed by atoms with Crippen LogP contribution in [0.15, 0.2) is 67.0 Å². The molecule has 0 bridgehead atoms. The molecular weight excluding hydrogens is 430 g/mol. The number of nitrogens with zero attached hydrogens (tertiary/aromatic N) is 3. The lowest BCUT2D eigenvalue weighted by Crippen LogP contribution is -2.33. The van der Waals surface area contributed by atoms with Gasteiger partial charge in [0.2, 0.25) is 5.91 Å². The normalized spacial score (nSPS) is 17.9. The zero-order chi connectivity index (χ0) is 23.4. The number of pyridine rings is 1. The number of hydrogen-bond acceptors (Lipinski definition) is 3. The Bertz CT molecular complexity index is 1110. The van der Waals surface area contributed by atoms with Crippen LogP contribution in [-0.2, 0) is 11.2 Å². The van der Waals surface area contributed by atoms with E-state index in [9.17, 15) is 4.79 Å². The van der Waals surface area contributed by atoms with Crippen molar-refractivity contribution < 1.29 is 4.79 Å². The summed E-state index contributed by atoms with van der Waals surface area (Å²) in [5.41, 5.74) is 4.10. The molecule has 3 heterocycles. The number of para-hydroxylation sites is 1. The second-order valence-electron chi connectivity index (χ2n) is 8.56. The zero-order valence-corrected chi connectivity index (χ0v) is 20.2. The highest BCUT2D eigenvalue weighted by Gasteiger charge is 2.41. The summed E-state index contributed by atoms with van der Waals surface area (Å²) < 4.78 is 2.26. The number of benzene rings is 1. The van der Waals surface area contributed by atoms with E-state index in [4.69, 9.17) is 12.2 Å². The molecule has 1 aliphatic rings. The summed E-state index contributed by atoms with van der Waals surface area (Å²) in [4.78, 5) is 19.6. The van der Waals surface area contributed by atoms with Crippen LogP contribution in [0.1, 0.15) is 62.3 Å². The van der Waals surface area contributed by atoms with E-state index in [2.05, 4.69) is 64.2 Å². The van der Waals surface area contributed by atoms with Crippen molar-refractivity contribution in [2.45, 2.75) is 51.7 Å². The summed E-state index contributed by atoms with van der Waals surface area (Å²) in [6, 6.07) is 18.2. The van der Waals surface area contributed by atoms with E-state index in [0.717, 1.165) is 29.1 Å². The molecule has 7 heteroatoms. The lowest BCUT2D eigenvalue weighted by molar-refractivity contribution is -0.116. The Labute approximate surface area is 201 Å². The third-order valence-corrected chi connectivity index (χ3v) is 6.47. The van der Waals surface area contributed by atoms with Crippen molar-refractivity contribution in [3.63, 3.8) is 0 Å². The third kappa shape index (κ3) is 4.93. The van der Waals surface area contributed by atoms with Crippen molar-refractivity contribution >= 4 is 28.9 Å². The molecule has 1 aromatic carbocycles. The van der Waals surface area contributed by atoms with Crippen LogP contribution in [0.2, 0.25) is 0 Å². The van der Waals surface area contributed by atoms with Crippen LogP contribution in [0.25, 0.3) is 0 Å². The average Bonchev–Trinajstić information content (AvgIpc) is 3.43. The largest absolute Gasteiger partial charge is 0.352 e. The number of amides is 1. The number of anilines is 1. The lowest BCUT2D eigenvalue weighted by Gasteiger charge is -2.29. The summed E-state index contributed by atoms with van der Waals surface area (Å²) >= 11 is 5.74. The first kappa shape index (κ1) is 23.0. The molecular formula is C26H31N5OS. The van der Waals surface area contributed by atoms with E-state index in [1.807, 2.05) is 42.5 Å². The number of nitrogens with one attached hydrogen (secondary N) is 2. The molecule has 1 amide bonds. The molecule has 0 saturated carbocycles. The van der Waals surface area contributed by atoms with Gasteiger partial charge in [0.25, 0.3) is 0 Å². The van der Waals surface area contributed by atoms with Gasteiger partial charge in [-0.1, -0.05) is 31.2 Å². The smallest absolute Gasteiger partial charge is 0.226 e. The molecule has 0 spiro atoms. The highest BCUT2D eigenvalue weighted by atomic mass is 32.1. The molecule has 2 aromatic heterocycles. The highest BCUT2D eigenvalue weighted by molar-refractivity contribution is 7.80. The predicted molar refractivity (Wildman–Crippen MR) is 136 cm³/mol. The Morgan fingerprint density at radius 3 is 2.67 bits per heavy atom. The average molecular weight is 462 g/mol. The third-order valence-electron chi connectivity index (χ3n) is 6.12. The van der Waals surface area contributed by atoms with Gasteiger partial charge in [-0.3, -0.25) is 9.78 Å². The second kappa shape index (κ2) is 10.2. The van der Waals surface area contributed by atoms with Crippen molar-refractivity contribution in [3.8, 4) is 0 Å². The molecule has 2 N–H and O–H groups in total. The van der Waals surface area contributed by atoms with Crippen LogP contribution in [0.4, 0.5) is 5.69 Å². The van der Waals surface area contributed by atoms with Crippen LogP contribution in [-0.4, -0.2) is 32.0 Å². The number of rotatable bonds is 8. The van der Waals surface area contributed by atoms with Gasteiger partial charge in [-0.2, -0.15) is 0 Å². The Morgan fingerprint density at radius 1 is 1.15 bits per heavy atom. The molecule has 1 fully saturated rings. The first-order chi connectivity index (χ1) is 16.0. The van der Waals surface area contributed by atoms with Crippen LogP contribution in [0.3, 0.4) is 0 Å². The Balaban J connectivity index is 1.57. The minimum Gasteiger partial charge on any atom is -0.352 e. The van der Waals surface area contributed by atoms with Crippen LogP contribution in [0, 0.1) is 0 Å². The number of hydrogen-bond donors (Lipinski definition) is 2. The quantitative estimate of drug-likeness (QED) is 0.461. The number of carbonyl (C=O) groups is 1. The first-order valence-corrected chi connectivity index (χ1v) is 11.9. The van der Waals surface area contributed by atoms with Crippen LogP contribution >= 0.6 is 12.2 Å². The Morgan fingerprint density at radius 2 is 1.94 bits per heavy atom. The van der Waals surface area contributed by atoms with Gasteiger partial charge >= 0.3 is 0 Å². The lowest BCUT2D eigenvalue weighted by atomic mass is 10.0. The van der Waals surface area contributed by atoms with Gasteiger partial charge in [-0.15, -0.1) is 0 Å². The van der Waals surface area contributed by atoms with Crippen molar-refractivity contribution in [1.82, 2.24) is 19.8 Å². The molecule has 33 heavy (non-hydrogen) atoms. The van der Waals surface area contributed by atoms with E-state index in [0.29, 0.717) is 24.1 Å². The fourth-order valence-corrected chi connectivity index (χ4v) is 4.81. The van der Waals surface area contributed by atoms with Gasteiger partial charge in [0, 0.05) is 42.8 Å². The van der Waals surface area contributed by atoms with Gasteiger partial charge in [0.05, 0.1) is 17.8 Å². The van der Waals surface area contributed by atoms with Crippen molar-refractivity contribution in [2.75, 3.05) is 11.9 Å². The van der Waals surface area contributed by atoms with Gasteiger partial charge in [0.15, 0.2) is 5.11 Å². The minimum absolute atomic E-state index is 0.0158. The van der Waals surface area contributed by atoms with Gasteiger partial charge < -0.3 is 20.1 Å². The van der Waals surface area contributed by atoms with Gasteiger partial charge in [-0.05, 0) is 68.4 Å². The Kier molecular flexibility index (Phi) is 7.08. The standard InChI is InChI=1S/C26H31N5OS/c1-4-19-10-5-6-11-20(19)28-23(32)14-17-31-25(22-13-9-16-30(22)18(2)3)24(29-26(31)33)21-12-7-8-15-27-21/h5-13,15-16,18,24-25H,4,14,17H2,1-3H3,(H,28,32)(H,29,33). The van der Waals surface area contributed by atoms with Gasteiger partial charge in [-0.25, -0.2) is 0 Å². The number of thiocarbonyl (C=S) groups is 1. The molecule has 0 aliphatic carbocycles. The summed E-state index contributed by atoms with van der Waals surface area (Å²) in [5.74, 6) is -0.0158. The zero-order valence-electron chi connectivity index (χ0n) is 19.4. The van der Waals surface area contributed by atoms with Crippen molar-refractivity contribution in [3.05, 3.63) is 83.9 Å². The van der Waals surface area contributed by atoms with E-state index in [1.165, 1.54) is 0 Å². The van der Waals surface area contributed by atoms with Gasteiger partial charge in [0.1, 0.15) is 0 Å². The molecule has 2 unspecified atom stereocenters. The maximum absolute atomic E-state index is 12.8. The number of carbonyl (C=O) groups excluding carboxylic acids is 1. The monoisotopic (exact) mass is 461 g/mol. The SMILES string of the molecule is CCc1ccccc1NC(=O)CCN1C(=S)NC(c2ccccn2)C1c1cccn1C(C)C. The molecule has 3 aromatic rings. The van der Waals surface area contributed by atoms with Crippen LogP contribution < -0.4 is 10.6 Å². The van der Waals surface area contributed by atoms with Crippen molar-refractivity contribution in [1.29, 1.82) is 0 Å². The fraction of sp³-hybridized carbons (Fsp3) is 0.346. The number of aryl methyl sites for hydroxylation is 1. The topological polar surface area (TPSA) is 62.2 Å². The summed E-state index contributed by atoms with van der Waals surface area (Å²) in [7, 11) is 0. The highest BCUT2D eigenvalue weighted by Crippen LogP contribution is 2.39. The summed E-state index contributed by atoms with van der Waals surface area (Å²) in [6.07, 6.45) is 5.12. The molecule has 1 aliphatic heterocycles. The molecule has 6 nitrogen and oxygen atoms in total. The summed E-state index contributed by atoms with van der Waals surface area (Å²) in [6.45, 7) is 6.95. The molecule has 4 rings (SSSR count). The minimum atomic E-state index is -0.0880. The maximum Gasteiger partial charge on any atom is 0.226 e. The first-order valence-electron chi connectivity index (χ1n) is 11.5. The second-order valence-corrected chi connectivity index (χ2v) is 8.95. The van der Waals surface area contributed by atoms with Crippen LogP contribution in [0.5, 0.6) is 0 Å². The fourth-order valence-electron chi connectivity index (χ4n) is 4.48. The van der Waals surface area contributed by atoms with E-state index in [-0.39, 0.29) is 18.0 Å². The maximum atomic E-state index is 12.8. The van der Waals surface area contributed by atoms with E-state index < -0.39 is 0 Å². The molecule has 0 radical (unpaired) electrons.